The summed E-state index contributed by atoms with van der Waals surface area (Å²) in [6.45, 7) is 0.483. The van der Waals surface area contributed by atoms with Gasteiger partial charge in [-0.25, -0.2) is 0 Å². The highest BCUT2D eigenvalue weighted by atomic mass is 32.2. The molecular formula is C18H22N2O2S. The predicted molar refractivity (Wildman–Crippen MR) is 96.2 cm³/mol. The SMILES string of the molecule is CN(C)c1ccc(CNC(=O)c2cccc(C[S@@](C)=O)c2)cc1. The summed E-state index contributed by atoms with van der Waals surface area (Å²) in [4.78, 5) is 14.3. The van der Waals surface area contributed by atoms with Gasteiger partial charge in [-0.1, -0.05) is 24.3 Å². The number of amides is 1. The molecule has 0 fully saturated rings. The number of hydrogen-bond donors (Lipinski definition) is 1. The van der Waals surface area contributed by atoms with Crippen molar-refractivity contribution >= 4 is 22.4 Å². The Morgan fingerprint density at radius 3 is 2.39 bits per heavy atom. The van der Waals surface area contributed by atoms with E-state index in [1.165, 1.54) is 0 Å². The van der Waals surface area contributed by atoms with Crippen LogP contribution in [0.25, 0.3) is 0 Å². The molecule has 0 saturated carbocycles. The van der Waals surface area contributed by atoms with Crippen LogP contribution in [0.3, 0.4) is 0 Å². The highest BCUT2D eigenvalue weighted by molar-refractivity contribution is 7.83. The Kier molecular flexibility index (Phi) is 5.93. The number of benzene rings is 2. The minimum atomic E-state index is -0.913. The van der Waals surface area contributed by atoms with E-state index in [-0.39, 0.29) is 5.91 Å². The Bertz CT molecular complexity index is 696. The molecule has 0 aliphatic heterocycles. The van der Waals surface area contributed by atoms with Crippen molar-refractivity contribution in [2.75, 3.05) is 25.3 Å². The van der Waals surface area contributed by atoms with Gasteiger partial charge in [0.2, 0.25) is 0 Å². The molecule has 0 heterocycles. The molecule has 1 N–H and O–H groups in total. The molecule has 2 rings (SSSR count). The molecule has 23 heavy (non-hydrogen) atoms. The number of rotatable bonds is 6. The molecule has 0 aliphatic carbocycles. The molecule has 122 valence electrons. The molecule has 1 atom stereocenters. The van der Waals surface area contributed by atoms with Gasteiger partial charge in [0.15, 0.2) is 0 Å². The quantitative estimate of drug-likeness (QED) is 0.885. The number of carbonyl (C=O) groups is 1. The van der Waals surface area contributed by atoms with Gasteiger partial charge >= 0.3 is 0 Å². The van der Waals surface area contributed by atoms with Crippen LogP contribution in [-0.4, -0.2) is 30.5 Å². The number of anilines is 1. The van der Waals surface area contributed by atoms with Crippen LogP contribution in [0.4, 0.5) is 5.69 Å². The van der Waals surface area contributed by atoms with Crippen molar-refractivity contribution in [2.24, 2.45) is 0 Å². The smallest absolute Gasteiger partial charge is 0.251 e. The molecular weight excluding hydrogens is 308 g/mol. The Balaban J connectivity index is 1.97. The Morgan fingerprint density at radius 2 is 1.78 bits per heavy atom. The fourth-order valence-electron chi connectivity index (χ4n) is 2.23. The van der Waals surface area contributed by atoms with E-state index in [1.807, 2.05) is 55.4 Å². The summed E-state index contributed by atoms with van der Waals surface area (Å²) in [6.07, 6.45) is 1.66. The maximum Gasteiger partial charge on any atom is 0.251 e. The van der Waals surface area contributed by atoms with Crippen molar-refractivity contribution in [3.8, 4) is 0 Å². The van der Waals surface area contributed by atoms with Crippen LogP contribution in [-0.2, 0) is 23.1 Å². The van der Waals surface area contributed by atoms with Crippen LogP contribution in [0, 0.1) is 0 Å². The van der Waals surface area contributed by atoms with E-state index < -0.39 is 10.8 Å². The molecule has 1 amide bonds. The summed E-state index contributed by atoms with van der Waals surface area (Å²) in [5.74, 6) is 0.345. The molecule has 4 nitrogen and oxygen atoms in total. The minimum absolute atomic E-state index is 0.120. The third-order valence-electron chi connectivity index (χ3n) is 3.46. The Morgan fingerprint density at radius 1 is 1.09 bits per heavy atom. The molecule has 0 spiro atoms. The van der Waals surface area contributed by atoms with Gasteiger partial charge in [0.1, 0.15) is 0 Å². The normalized spacial score (nSPS) is 11.8. The monoisotopic (exact) mass is 330 g/mol. The maximum absolute atomic E-state index is 12.2. The second-order valence-electron chi connectivity index (χ2n) is 5.66. The zero-order valence-electron chi connectivity index (χ0n) is 13.7. The molecule has 0 aromatic heterocycles. The molecule has 0 bridgehead atoms. The van der Waals surface area contributed by atoms with E-state index in [1.54, 1.807) is 18.4 Å². The summed E-state index contributed by atoms with van der Waals surface area (Å²) in [6, 6.07) is 15.3. The first-order valence-electron chi connectivity index (χ1n) is 7.39. The lowest BCUT2D eigenvalue weighted by Gasteiger charge is -2.13. The molecule has 0 radical (unpaired) electrons. The van der Waals surface area contributed by atoms with Crippen LogP contribution in [0.5, 0.6) is 0 Å². The maximum atomic E-state index is 12.2. The minimum Gasteiger partial charge on any atom is -0.378 e. The lowest BCUT2D eigenvalue weighted by atomic mass is 10.1. The molecule has 0 saturated heterocycles. The molecule has 2 aromatic carbocycles. The van der Waals surface area contributed by atoms with E-state index in [0.29, 0.717) is 17.9 Å². The van der Waals surface area contributed by atoms with Crippen molar-refractivity contribution in [1.29, 1.82) is 0 Å². The fraction of sp³-hybridized carbons (Fsp3) is 0.278. The van der Waals surface area contributed by atoms with Gasteiger partial charge in [0, 0.05) is 54.7 Å². The van der Waals surface area contributed by atoms with Crippen LogP contribution in [0.2, 0.25) is 0 Å². The zero-order chi connectivity index (χ0) is 16.8. The van der Waals surface area contributed by atoms with Crippen molar-refractivity contribution in [3.63, 3.8) is 0 Å². The number of hydrogen-bond acceptors (Lipinski definition) is 3. The largest absolute Gasteiger partial charge is 0.378 e. The first kappa shape index (κ1) is 17.2. The summed E-state index contributed by atoms with van der Waals surface area (Å²) in [5.41, 5.74) is 3.68. The van der Waals surface area contributed by atoms with E-state index in [2.05, 4.69) is 5.32 Å². The first-order chi connectivity index (χ1) is 11.0. The highest BCUT2D eigenvalue weighted by Crippen LogP contribution is 2.12. The lowest BCUT2D eigenvalue weighted by Crippen LogP contribution is -2.23. The number of nitrogens with one attached hydrogen (secondary N) is 1. The number of nitrogens with zero attached hydrogens (tertiary/aromatic N) is 1. The average molecular weight is 330 g/mol. The molecule has 0 unspecified atom stereocenters. The van der Waals surface area contributed by atoms with Crippen LogP contribution in [0.1, 0.15) is 21.5 Å². The van der Waals surface area contributed by atoms with E-state index >= 15 is 0 Å². The van der Waals surface area contributed by atoms with E-state index in [4.69, 9.17) is 0 Å². The van der Waals surface area contributed by atoms with Gasteiger partial charge < -0.3 is 10.2 Å². The summed E-state index contributed by atoms with van der Waals surface area (Å²) in [7, 11) is 3.07. The predicted octanol–water partition coefficient (Wildman–Crippen LogP) is 2.56. The first-order valence-corrected chi connectivity index (χ1v) is 9.12. The second-order valence-corrected chi connectivity index (χ2v) is 7.10. The van der Waals surface area contributed by atoms with Gasteiger partial charge in [-0.05, 0) is 35.4 Å². The summed E-state index contributed by atoms with van der Waals surface area (Å²) in [5, 5.41) is 2.92. The lowest BCUT2D eigenvalue weighted by molar-refractivity contribution is 0.0951. The Labute approximate surface area is 140 Å². The van der Waals surface area contributed by atoms with Gasteiger partial charge in [-0.15, -0.1) is 0 Å². The van der Waals surface area contributed by atoms with Crippen molar-refractivity contribution in [3.05, 3.63) is 65.2 Å². The van der Waals surface area contributed by atoms with E-state index in [9.17, 15) is 9.00 Å². The third kappa shape index (κ3) is 5.21. The van der Waals surface area contributed by atoms with Gasteiger partial charge in [-0.2, -0.15) is 0 Å². The summed E-state index contributed by atoms with van der Waals surface area (Å²) < 4.78 is 11.3. The summed E-state index contributed by atoms with van der Waals surface area (Å²) >= 11 is 0. The topological polar surface area (TPSA) is 49.4 Å². The van der Waals surface area contributed by atoms with Crippen molar-refractivity contribution in [2.45, 2.75) is 12.3 Å². The van der Waals surface area contributed by atoms with Crippen molar-refractivity contribution < 1.29 is 9.00 Å². The van der Waals surface area contributed by atoms with E-state index in [0.717, 1.165) is 16.8 Å². The van der Waals surface area contributed by atoms with Crippen molar-refractivity contribution in [1.82, 2.24) is 5.32 Å². The van der Waals surface area contributed by atoms with Crippen LogP contribution in [0.15, 0.2) is 48.5 Å². The van der Waals surface area contributed by atoms with Crippen LogP contribution < -0.4 is 10.2 Å². The Hall–Kier alpha value is -2.14. The van der Waals surface area contributed by atoms with Gasteiger partial charge in [0.25, 0.3) is 5.91 Å². The second kappa shape index (κ2) is 7.92. The number of carbonyl (C=O) groups excluding carboxylic acids is 1. The molecule has 5 heteroatoms. The standard InChI is InChI=1S/C18H22N2O2S/c1-20(2)17-9-7-14(8-10-17)12-19-18(21)16-6-4-5-15(11-16)13-23(3)22/h4-11H,12-13H2,1-3H3,(H,19,21)/t23-/m1/s1. The van der Waals surface area contributed by atoms with Gasteiger partial charge in [0.05, 0.1) is 0 Å². The highest BCUT2D eigenvalue weighted by Gasteiger charge is 2.07. The molecule has 0 aliphatic rings. The average Bonchev–Trinajstić information content (AvgIpc) is 2.52. The fourth-order valence-corrected chi connectivity index (χ4v) is 2.88. The van der Waals surface area contributed by atoms with Gasteiger partial charge in [-0.3, -0.25) is 9.00 Å². The molecule has 2 aromatic rings. The van der Waals surface area contributed by atoms with Crippen LogP contribution >= 0.6 is 0 Å². The third-order valence-corrected chi connectivity index (χ3v) is 4.20. The zero-order valence-corrected chi connectivity index (χ0v) is 14.5.